The van der Waals surface area contributed by atoms with Gasteiger partial charge in [0.15, 0.2) is 0 Å². The second-order valence-corrected chi connectivity index (χ2v) is 11.2. The number of unbranched alkanes of at least 4 members (excludes halogenated alkanes) is 1. The first-order valence-corrected chi connectivity index (χ1v) is 13.6. The zero-order valence-electron chi connectivity index (χ0n) is 21.8. The summed E-state index contributed by atoms with van der Waals surface area (Å²) in [6.45, 7) is 12.3. The van der Waals surface area contributed by atoms with Gasteiger partial charge in [-0.05, 0) is 44.9 Å². The minimum absolute atomic E-state index is 0.0159. The van der Waals surface area contributed by atoms with Crippen LogP contribution in [0.5, 0.6) is 0 Å². The Kier molecular flexibility index (Phi) is 7.95. The fourth-order valence-electron chi connectivity index (χ4n) is 7.35. The van der Waals surface area contributed by atoms with E-state index >= 15 is 0 Å². The van der Waals surface area contributed by atoms with Crippen LogP contribution >= 0.6 is 0 Å². The van der Waals surface area contributed by atoms with Crippen LogP contribution in [0.3, 0.4) is 0 Å². The number of carbonyl (C=O) groups excluding carboxylic acids is 3. The summed E-state index contributed by atoms with van der Waals surface area (Å²) in [5, 5.41) is 9.36. The molecule has 3 unspecified atom stereocenters. The molecule has 0 radical (unpaired) electrons. The molecule has 0 aromatic heterocycles. The summed E-state index contributed by atoms with van der Waals surface area (Å²) in [6, 6.07) is -0.703. The average molecular weight is 503 g/mol. The van der Waals surface area contributed by atoms with E-state index in [-0.39, 0.29) is 37.0 Å². The van der Waals surface area contributed by atoms with Crippen LogP contribution in [-0.4, -0.2) is 82.3 Å². The van der Waals surface area contributed by atoms with E-state index in [0.29, 0.717) is 32.4 Å². The maximum Gasteiger partial charge on any atom is 0.313 e. The van der Waals surface area contributed by atoms with Gasteiger partial charge >= 0.3 is 5.97 Å². The van der Waals surface area contributed by atoms with Crippen molar-refractivity contribution in [1.29, 1.82) is 0 Å². The Bertz CT molecular complexity index is 885. The third-order valence-electron chi connectivity index (χ3n) is 9.08. The van der Waals surface area contributed by atoms with Crippen molar-refractivity contribution >= 4 is 17.8 Å². The molecule has 0 aromatic rings. The van der Waals surface area contributed by atoms with Gasteiger partial charge in [0.2, 0.25) is 11.8 Å². The Labute approximate surface area is 214 Å². The number of hydrogen-bond donors (Lipinski definition) is 1. The Balaban J connectivity index is 1.75. The van der Waals surface area contributed by atoms with Crippen LogP contribution in [0.2, 0.25) is 0 Å². The van der Waals surface area contributed by atoms with Gasteiger partial charge in [0.1, 0.15) is 24.2 Å². The van der Waals surface area contributed by atoms with Crippen LogP contribution in [0.25, 0.3) is 0 Å². The van der Waals surface area contributed by atoms with Crippen molar-refractivity contribution in [2.75, 3.05) is 26.3 Å². The Morgan fingerprint density at radius 1 is 1.22 bits per heavy atom. The van der Waals surface area contributed by atoms with Gasteiger partial charge in [-0.3, -0.25) is 14.4 Å². The molecule has 200 valence electrons. The molecule has 1 N–H and O–H groups in total. The fraction of sp³-hybridized carbons (Fsp3) is 0.750. The first kappa shape index (κ1) is 26.9. The van der Waals surface area contributed by atoms with Gasteiger partial charge in [-0.2, -0.15) is 0 Å². The number of aliphatic hydroxyl groups excluding tert-OH is 1. The second kappa shape index (κ2) is 10.7. The predicted molar refractivity (Wildman–Crippen MR) is 135 cm³/mol. The normalized spacial score (nSPS) is 35.5. The molecule has 3 aliphatic heterocycles. The van der Waals surface area contributed by atoms with E-state index in [2.05, 4.69) is 13.2 Å². The number of likely N-dealkylation sites (tertiary alicyclic amines) is 1. The highest BCUT2D eigenvalue weighted by Crippen LogP contribution is 2.65. The molecule has 1 aliphatic carbocycles. The fourth-order valence-corrected chi connectivity index (χ4v) is 7.35. The van der Waals surface area contributed by atoms with Crippen LogP contribution in [-0.2, 0) is 23.9 Å². The first-order chi connectivity index (χ1) is 17.3. The van der Waals surface area contributed by atoms with E-state index in [1.54, 1.807) is 11.0 Å². The van der Waals surface area contributed by atoms with E-state index in [0.717, 1.165) is 25.7 Å². The molecule has 6 atom stereocenters. The first-order valence-electron chi connectivity index (χ1n) is 13.6. The lowest BCUT2D eigenvalue weighted by Crippen LogP contribution is -2.58. The molecule has 3 heterocycles. The number of fused-ring (bicyclic) bond motifs is 1. The summed E-state index contributed by atoms with van der Waals surface area (Å²) in [5.41, 5.74) is -1.96. The lowest BCUT2D eigenvalue weighted by atomic mass is 9.62. The maximum atomic E-state index is 14.4. The van der Waals surface area contributed by atoms with Crippen molar-refractivity contribution in [2.24, 2.45) is 17.8 Å². The second-order valence-electron chi connectivity index (χ2n) is 11.2. The molecule has 2 amide bonds. The molecular formula is C28H42N2O6. The Morgan fingerprint density at radius 2 is 1.94 bits per heavy atom. The van der Waals surface area contributed by atoms with E-state index in [1.165, 1.54) is 12.5 Å². The topological polar surface area (TPSA) is 96.4 Å². The minimum Gasteiger partial charge on any atom is -0.461 e. The van der Waals surface area contributed by atoms with E-state index < -0.39 is 35.0 Å². The lowest BCUT2D eigenvalue weighted by molar-refractivity contribution is -0.161. The summed E-state index contributed by atoms with van der Waals surface area (Å²) < 4.78 is 12.2. The van der Waals surface area contributed by atoms with Gasteiger partial charge in [-0.25, -0.2) is 0 Å². The summed E-state index contributed by atoms with van der Waals surface area (Å²) in [5.74, 6) is -2.38. The highest BCUT2D eigenvalue weighted by Gasteiger charge is 2.80. The number of ether oxygens (including phenoxy) is 2. The molecule has 4 rings (SSSR count). The van der Waals surface area contributed by atoms with Crippen molar-refractivity contribution in [3.8, 4) is 0 Å². The van der Waals surface area contributed by atoms with Gasteiger partial charge in [-0.1, -0.05) is 44.9 Å². The van der Waals surface area contributed by atoms with E-state index in [9.17, 15) is 19.5 Å². The average Bonchev–Trinajstić information content (AvgIpc) is 3.38. The number of nitrogens with zero attached hydrogens (tertiary/aromatic N) is 2. The molecule has 36 heavy (non-hydrogen) atoms. The van der Waals surface area contributed by atoms with Crippen molar-refractivity contribution in [1.82, 2.24) is 9.80 Å². The van der Waals surface area contributed by atoms with Crippen LogP contribution in [0.4, 0.5) is 0 Å². The molecule has 8 heteroatoms. The van der Waals surface area contributed by atoms with Gasteiger partial charge in [0, 0.05) is 25.7 Å². The number of rotatable bonds is 11. The maximum absolute atomic E-state index is 14.4. The monoisotopic (exact) mass is 502 g/mol. The molecular weight excluding hydrogens is 460 g/mol. The summed E-state index contributed by atoms with van der Waals surface area (Å²) in [4.78, 5) is 45.3. The zero-order chi connectivity index (χ0) is 26.1. The number of esters is 1. The zero-order valence-corrected chi connectivity index (χ0v) is 21.8. The Hall–Kier alpha value is -2.19. The number of amides is 2. The molecule has 2 bridgehead atoms. The van der Waals surface area contributed by atoms with Gasteiger partial charge in [0.25, 0.3) is 0 Å². The molecule has 0 aromatic carbocycles. The molecule has 4 fully saturated rings. The van der Waals surface area contributed by atoms with Crippen molar-refractivity contribution in [2.45, 2.75) is 88.5 Å². The molecule has 8 nitrogen and oxygen atoms in total. The van der Waals surface area contributed by atoms with Crippen molar-refractivity contribution < 1.29 is 29.0 Å². The highest BCUT2D eigenvalue weighted by molar-refractivity contribution is 5.98. The number of hydrogen-bond acceptors (Lipinski definition) is 6. The number of aliphatic hydroxyl groups is 1. The van der Waals surface area contributed by atoms with Gasteiger partial charge < -0.3 is 24.4 Å². The largest absolute Gasteiger partial charge is 0.461 e. The molecule has 3 saturated heterocycles. The van der Waals surface area contributed by atoms with E-state index in [1.807, 2.05) is 18.7 Å². The molecule has 1 saturated carbocycles. The molecule has 4 aliphatic rings. The summed E-state index contributed by atoms with van der Waals surface area (Å²) >= 11 is 0. The summed E-state index contributed by atoms with van der Waals surface area (Å²) in [7, 11) is 0. The summed E-state index contributed by atoms with van der Waals surface area (Å²) in [6.07, 6.45) is 10.1. The lowest BCUT2D eigenvalue weighted by Gasteiger charge is -2.41. The van der Waals surface area contributed by atoms with Crippen molar-refractivity contribution in [3.63, 3.8) is 0 Å². The van der Waals surface area contributed by atoms with Crippen LogP contribution in [0, 0.1) is 17.8 Å². The highest BCUT2D eigenvalue weighted by atomic mass is 16.6. The third kappa shape index (κ3) is 4.20. The standard InChI is InChI=1S/C28H42N2O6/c1-5-14-29(20-12-8-7-9-13-20)25(33)23-28-18-19(3)27(4,36-28)22(26(34)35-17-6-2)21(28)24(32)30(23)15-10-11-16-31/h5-6,19-23,31H,1-2,7-18H2,3-4H3/t19?,21-,22+,23?,27-,28?/m0/s1. The van der Waals surface area contributed by atoms with Crippen LogP contribution in [0.1, 0.15) is 65.2 Å². The number of carbonyl (C=O) groups is 3. The third-order valence-corrected chi connectivity index (χ3v) is 9.08. The van der Waals surface area contributed by atoms with Crippen LogP contribution in [0.15, 0.2) is 25.3 Å². The van der Waals surface area contributed by atoms with Gasteiger partial charge in [-0.15, -0.1) is 6.58 Å². The van der Waals surface area contributed by atoms with Gasteiger partial charge in [0.05, 0.1) is 11.5 Å². The molecule has 1 spiro atoms. The van der Waals surface area contributed by atoms with Crippen LogP contribution < -0.4 is 0 Å². The SMILES string of the molecule is C=CCOC(=O)[C@H]1[C@H]2C(=O)N(CCCCO)C(C(=O)N(CC=C)C3CCCCC3)C23CC(C)[C@]1(C)O3. The quantitative estimate of drug-likeness (QED) is 0.265. The van der Waals surface area contributed by atoms with E-state index in [4.69, 9.17) is 9.47 Å². The smallest absolute Gasteiger partial charge is 0.313 e. The Morgan fingerprint density at radius 3 is 2.58 bits per heavy atom. The van der Waals surface area contributed by atoms with Crippen molar-refractivity contribution in [3.05, 3.63) is 25.3 Å². The minimum atomic E-state index is -1.08. The predicted octanol–water partition coefficient (Wildman–Crippen LogP) is 2.85.